The maximum absolute atomic E-state index is 5.91. The van der Waals surface area contributed by atoms with Gasteiger partial charge < -0.3 is 4.74 Å². The van der Waals surface area contributed by atoms with Gasteiger partial charge in [-0.05, 0) is 36.4 Å². The van der Waals surface area contributed by atoms with Crippen molar-refractivity contribution in [2.45, 2.75) is 0 Å². The van der Waals surface area contributed by atoms with E-state index in [4.69, 9.17) is 4.74 Å². The fourth-order valence-corrected chi connectivity index (χ4v) is 3.48. The Balaban J connectivity index is 1.83. The second-order valence-corrected chi connectivity index (χ2v) is 5.76. The average Bonchev–Trinajstić information content (AvgIpc) is 2.86. The van der Waals surface area contributed by atoms with E-state index in [2.05, 4.69) is 36.4 Å². The summed E-state index contributed by atoms with van der Waals surface area (Å²) in [6.45, 7) is 0. The van der Waals surface area contributed by atoms with Crippen LogP contribution in [0.5, 0.6) is 11.5 Å². The van der Waals surface area contributed by atoms with Gasteiger partial charge in [0, 0.05) is 20.2 Å². The van der Waals surface area contributed by atoms with E-state index in [-0.39, 0.29) is 0 Å². The highest BCUT2D eigenvalue weighted by Crippen LogP contribution is 2.36. The number of hydrogen-bond acceptors (Lipinski definition) is 2. The lowest BCUT2D eigenvalue weighted by atomic mass is 10.1. The van der Waals surface area contributed by atoms with Crippen LogP contribution in [0.15, 0.2) is 72.8 Å². The first kappa shape index (κ1) is 11.5. The maximum atomic E-state index is 5.91. The topological polar surface area (TPSA) is 9.23 Å². The van der Waals surface area contributed by atoms with Gasteiger partial charge in [0.25, 0.3) is 0 Å². The number of rotatable bonds is 2. The first-order chi connectivity index (χ1) is 9.90. The quantitative estimate of drug-likeness (QED) is 0.446. The zero-order chi connectivity index (χ0) is 13.4. The van der Waals surface area contributed by atoms with Crippen molar-refractivity contribution in [3.05, 3.63) is 72.8 Å². The van der Waals surface area contributed by atoms with Gasteiger partial charge in [0.2, 0.25) is 0 Å². The molecule has 0 saturated heterocycles. The molecule has 4 rings (SSSR count). The highest BCUT2D eigenvalue weighted by atomic mass is 32.1. The first-order valence-electron chi connectivity index (χ1n) is 6.54. The van der Waals surface area contributed by atoms with Crippen LogP contribution in [0, 0.1) is 0 Å². The van der Waals surface area contributed by atoms with E-state index in [0.717, 1.165) is 11.5 Å². The smallest absolute Gasteiger partial charge is 0.128 e. The minimum Gasteiger partial charge on any atom is -0.457 e. The summed E-state index contributed by atoms with van der Waals surface area (Å²) in [5.41, 5.74) is 0. The molecule has 0 aliphatic rings. The number of hydrogen-bond donors (Lipinski definition) is 0. The average molecular weight is 276 g/mol. The van der Waals surface area contributed by atoms with Gasteiger partial charge in [0.15, 0.2) is 0 Å². The van der Waals surface area contributed by atoms with Crippen molar-refractivity contribution < 1.29 is 4.74 Å². The van der Waals surface area contributed by atoms with E-state index >= 15 is 0 Å². The lowest BCUT2D eigenvalue weighted by molar-refractivity contribution is 0.483. The van der Waals surface area contributed by atoms with Crippen molar-refractivity contribution >= 4 is 31.5 Å². The zero-order valence-electron chi connectivity index (χ0n) is 10.7. The van der Waals surface area contributed by atoms with Gasteiger partial charge in [-0.15, -0.1) is 11.3 Å². The molecule has 4 aromatic rings. The van der Waals surface area contributed by atoms with Crippen molar-refractivity contribution in [2.75, 3.05) is 0 Å². The number of fused-ring (bicyclic) bond motifs is 3. The molecular formula is C18H12OS. The Morgan fingerprint density at radius 1 is 0.600 bits per heavy atom. The zero-order valence-corrected chi connectivity index (χ0v) is 11.6. The van der Waals surface area contributed by atoms with Gasteiger partial charge in [-0.1, -0.05) is 36.4 Å². The van der Waals surface area contributed by atoms with E-state index in [0.29, 0.717) is 0 Å². The Bertz CT molecular complexity index is 878. The number of para-hydroxylation sites is 1. The third-order valence-electron chi connectivity index (χ3n) is 3.33. The maximum Gasteiger partial charge on any atom is 0.128 e. The lowest BCUT2D eigenvalue weighted by Crippen LogP contribution is -1.82. The summed E-state index contributed by atoms with van der Waals surface area (Å²) in [6.07, 6.45) is 0. The summed E-state index contributed by atoms with van der Waals surface area (Å²) in [4.78, 5) is 0. The summed E-state index contributed by atoms with van der Waals surface area (Å²) in [7, 11) is 0. The van der Waals surface area contributed by atoms with Gasteiger partial charge in [0.1, 0.15) is 11.5 Å². The molecule has 0 bridgehead atoms. The number of benzene rings is 3. The number of thiophene rings is 1. The Labute approximate surface area is 121 Å². The molecule has 0 saturated carbocycles. The van der Waals surface area contributed by atoms with Crippen LogP contribution < -0.4 is 4.74 Å². The van der Waals surface area contributed by atoms with Crippen molar-refractivity contribution in [3.63, 3.8) is 0 Å². The number of ether oxygens (including phenoxy) is 1. The summed E-state index contributed by atoms with van der Waals surface area (Å²) >= 11 is 1.82. The molecule has 0 radical (unpaired) electrons. The molecule has 0 aliphatic heterocycles. The summed E-state index contributed by atoms with van der Waals surface area (Å²) in [6, 6.07) is 24.7. The van der Waals surface area contributed by atoms with Crippen molar-refractivity contribution in [1.29, 1.82) is 0 Å². The monoisotopic (exact) mass is 276 g/mol. The molecule has 1 nitrogen and oxygen atoms in total. The molecule has 1 aromatic heterocycles. The standard InChI is InChI=1S/C18H12OS/c1-2-6-13(7-3-1)19-14-10-11-18-16(12-14)15-8-4-5-9-17(15)20-18/h1-12H. The minimum absolute atomic E-state index is 0.867. The summed E-state index contributed by atoms with van der Waals surface area (Å²) in [5, 5.41) is 2.56. The predicted octanol–water partition coefficient (Wildman–Crippen LogP) is 5.85. The molecule has 0 N–H and O–H groups in total. The second-order valence-electron chi connectivity index (χ2n) is 4.67. The highest BCUT2D eigenvalue weighted by molar-refractivity contribution is 7.25. The van der Waals surface area contributed by atoms with E-state index in [1.807, 2.05) is 47.7 Å². The van der Waals surface area contributed by atoms with Crippen LogP contribution in [0.25, 0.3) is 20.2 Å². The van der Waals surface area contributed by atoms with Crippen molar-refractivity contribution in [3.8, 4) is 11.5 Å². The van der Waals surface area contributed by atoms with Crippen LogP contribution in [0.3, 0.4) is 0 Å². The Kier molecular flexibility index (Phi) is 2.68. The van der Waals surface area contributed by atoms with Crippen LogP contribution >= 0.6 is 11.3 Å². The first-order valence-corrected chi connectivity index (χ1v) is 7.36. The third kappa shape index (κ3) is 1.95. The molecule has 0 amide bonds. The van der Waals surface area contributed by atoms with Gasteiger partial charge in [-0.25, -0.2) is 0 Å². The normalized spacial score (nSPS) is 11.0. The van der Waals surface area contributed by atoms with Crippen LogP contribution in [0.2, 0.25) is 0 Å². The molecule has 0 aliphatic carbocycles. The molecule has 0 spiro atoms. The van der Waals surface area contributed by atoms with Gasteiger partial charge >= 0.3 is 0 Å². The molecule has 3 aromatic carbocycles. The minimum atomic E-state index is 0.867. The predicted molar refractivity (Wildman–Crippen MR) is 85.8 cm³/mol. The lowest BCUT2D eigenvalue weighted by Gasteiger charge is -2.05. The highest BCUT2D eigenvalue weighted by Gasteiger charge is 2.06. The van der Waals surface area contributed by atoms with Crippen molar-refractivity contribution in [2.24, 2.45) is 0 Å². The molecular weight excluding hydrogens is 264 g/mol. The molecule has 0 atom stereocenters. The Hall–Kier alpha value is -2.32. The van der Waals surface area contributed by atoms with E-state index in [1.54, 1.807) is 0 Å². The van der Waals surface area contributed by atoms with Gasteiger partial charge in [-0.2, -0.15) is 0 Å². The van der Waals surface area contributed by atoms with Gasteiger partial charge in [-0.3, -0.25) is 0 Å². The van der Waals surface area contributed by atoms with Gasteiger partial charge in [0.05, 0.1) is 0 Å². The van der Waals surface area contributed by atoms with Crippen LogP contribution in [0.1, 0.15) is 0 Å². The molecule has 1 heterocycles. The van der Waals surface area contributed by atoms with E-state index < -0.39 is 0 Å². The Morgan fingerprint density at radius 3 is 2.25 bits per heavy atom. The van der Waals surface area contributed by atoms with Crippen LogP contribution in [-0.4, -0.2) is 0 Å². The van der Waals surface area contributed by atoms with E-state index in [9.17, 15) is 0 Å². The fraction of sp³-hybridized carbons (Fsp3) is 0. The summed E-state index contributed by atoms with van der Waals surface area (Å²) in [5.74, 6) is 1.75. The fourth-order valence-electron chi connectivity index (χ4n) is 2.39. The molecule has 0 unspecified atom stereocenters. The van der Waals surface area contributed by atoms with Crippen molar-refractivity contribution in [1.82, 2.24) is 0 Å². The largest absolute Gasteiger partial charge is 0.457 e. The van der Waals surface area contributed by atoms with Crippen LogP contribution in [-0.2, 0) is 0 Å². The third-order valence-corrected chi connectivity index (χ3v) is 4.48. The second kappa shape index (κ2) is 4.66. The molecule has 20 heavy (non-hydrogen) atoms. The SMILES string of the molecule is c1ccc(Oc2ccc3sc4ccccc4c3c2)cc1. The summed E-state index contributed by atoms with van der Waals surface area (Å²) < 4.78 is 8.53. The van der Waals surface area contributed by atoms with Crippen LogP contribution in [0.4, 0.5) is 0 Å². The van der Waals surface area contributed by atoms with E-state index in [1.165, 1.54) is 20.2 Å². The molecule has 2 heteroatoms. The Morgan fingerprint density at radius 2 is 1.35 bits per heavy atom. The molecule has 0 fully saturated rings. The molecule has 96 valence electrons.